The molecule has 24 heavy (non-hydrogen) atoms. The van der Waals surface area contributed by atoms with Crippen LogP contribution in [0, 0.1) is 0 Å². The van der Waals surface area contributed by atoms with Crippen LogP contribution in [0.5, 0.6) is 5.75 Å². The van der Waals surface area contributed by atoms with Crippen molar-refractivity contribution in [2.24, 2.45) is 0 Å². The zero-order valence-corrected chi connectivity index (χ0v) is 14.1. The monoisotopic (exact) mass is 341 g/mol. The maximum atomic E-state index is 6.01. The smallest absolute Gasteiger partial charge is 0.181 e. The van der Waals surface area contributed by atoms with Crippen molar-refractivity contribution in [2.75, 3.05) is 36.9 Å². The second kappa shape index (κ2) is 6.67. The van der Waals surface area contributed by atoms with Crippen LogP contribution in [-0.4, -0.2) is 31.3 Å². The standard InChI is InChI=1S/C18H19N3O2S/c19-18-20-16-15(23-12-13-4-2-1-3-5-13)7-6-14(17(16)24-18)21-8-10-22-11-9-21/h1-7H,8-12H2,(H2,19,20). The van der Waals surface area contributed by atoms with Crippen LogP contribution in [-0.2, 0) is 11.3 Å². The summed E-state index contributed by atoms with van der Waals surface area (Å²) in [4.78, 5) is 6.82. The molecule has 2 aromatic carbocycles. The lowest BCUT2D eigenvalue weighted by molar-refractivity contribution is 0.123. The van der Waals surface area contributed by atoms with Crippen molar-refractivity contribution in [3.05, 3.63) is 48.0 Å². The number of rotatable bonds is 4. The summed E-state index contributed by atoms with van der Waals surface area (Å²) < 4.78 is 12.5. The molecule has 0 amide bonds. The van der Waals surface area contributed by atoms with Gasteiger partial charge in [-0.2, -0.15) is 0 Å². The van der Waals surface area contributed by atoms with E-state index in [0.29, 0.717) is 11.7 Å². The Balaban J connectivity index is 1.65. The molecule has 6 heteroatoms. The summed E-state index contributed by atoms with van der Waals surface area (Å²) >= 11 is 1.51. The van der Waals surface area contributed by atoms with E-state index in [1.807, 2.05) is 24.3 Å². The third kappa shape index (κ3) is 3.02. The highest BCUT2D eigenvalue weighted by molar-refractivity contribution is 7.22. The van der Waals surface area contributed by atoms with E-state index in [1.165, 1.54) is 11.3 Å². The van der Waals surface area contributed by atoms with Crippen molar-refractivity contribution in [2.45, 2.75) is 6.61 Å². The largest absolute Gasteiger partial charge is 0.487 e. The first-order valence-electron chi connectivity index (χ1n) is 8.00. The van der Waals surface area contributed by atoms with Crippen molar-refractivity contribution in [1.29, 1.82) is 0 Å². The molecule has 5 nitrogen and oxygen atoms in total. The van der Waals surface area contributed by atoms with Crippen LogP contribution in [0.25, 0.3) is 10.2 Å². The summed E-state index contributed by atoms with van der Waals surface area (Å²) in [5, 5.41) is 0.565. The number of thiazole rings is 1. The van der Waals surface area contributed by atoms with Gasteiger partial charge in [-0.1, -0.05) is 41.7 Å². The lowest BCUT2D eigenvalue weighted by Crippen LogP contribution is -2.36. The molecule has 0 aliphatic carbocycles. The van der Waals surface area contributed by atoms with E-state index in [0.717, 1.165) is 53.5 Å². The first kappa shape index (κ1) is 15.2. The minimum Gasteiger partial charge on any atom is -0.487 e. The molecular formula is C18H19N3O2S. The molecule has 0 saturated carbocycles. The van der Waals surface area contributed by atoms with Crippen LogP contribution >= 0.6 is 11.3 Å². The topological polar surface area (TPSA) is 60.6 Å². The van der Waals surface area contributed by atoms with Crippen molar-refractivity contribution in [1.82, 2.24) is 4.98 Å². The summed E-state index contributed by atoms with van der Waals surface area (Å²) in [6, 6.07) is 14.2. The van der Waals surface area contributed by atoms with E-state index in [9.17, 15) is 0 Å². The van der Waals surface area contributed by atoms with E-state index in [1.54, 1.807) is 0 Å². The molecule has 2 heterocycles. The second-order valence-corrected chi connectivity index (χ2v) is 6.72. The highest BCUT2D eigenvalue weighted by atomic mass is 32.1. The molecular weight excluding hydrogens is 322 g/mol. The molecule has 0 radical (unpaired) electrons. The van der Waals surface area contributed by atoms with E-state index in [-0.39, 0.29) is 0 Å². The van der Waals surface area contributed by atoms with Crippen LogP contribution in [0.4, 0.5) is 10.8 Å². The van der Waals surface area contributed by atoms with Gasteiger partial charge in [0.15, 0.2) is 5.13 Å². The Morgan fingerprint density at radius 2 is 1.92 bits per heavy atom. The van der Waals surface area contributed by atoms with E-state index < -0.39 is 0 Å². The number of ether oxygens (including phenoxy) is 2. The predicted molar refractivity (Wildman–Crippen MR) is 97.8 cm³/mol. The normalized spacial score (nSPS) is 14.9. The van der Waals surface area contributed by atoms with Gasteiger partial charge in [0, 0.05) is 13.1 Å². The molecule has 2 N–H and O–H groups in total. The van der Waals surface area contributed by atoms with Crippen LogP contribution in [0.1, 0.15) is 5.56 Å². The van der Waals surface area contributed by atoms with Gasteiger partial charge in [-0.15, -0.1) is 0 Å². The lowest BCUT2D eigenvalue weighted by atomic mass is 10.2. The molecule has 1 fully saturated rings. The van der Waals surface area contributed by atoms with Gasteiger partial charge < -0.3 is 20.1 Å². The first-order chi connectivity index (χ1) is 11.8. The fraction of sp³-hybridized carbons (Fsp3) is 0.278. The van der Waals surface area contributed by atoms with Gasteiger partial charge >= 0.3 is 0 Å². The third-order valence-electron chi connectivity index (χ3n) is 4.09. The number of anilines is 2. The summed E-state index contributed by atoms with van der Waals surface area (Å²) in [6.45, 7) is 3.79. The highest BCUT2D eigenvalue weighted by Crippen LogP contribution is 2.39. The molecule has 3 aromatic rings. The van der Waals surface area contributed by atoms with Crippen molar-refractivity contribution in [3.8, 4) is 5.75 Å². The van der Waals surface area contributed by atoms with Gasteiger partial charge in [-0.05, 0) is 17.7 Å². The molecule has 0 unspecified atom stereocenters. The van der Waals surface area contributed by atoms with E-state index in [2.05, 4.69) is 28.1 Å². The van der Waals surface area contributed by atoms with Gasteiger partial charge in [-0.25, -0.2) is 4.98 Å². The average molecular weight is 341 g/mol. The quantitative estimate of drug-likeness (QED) is 0.789. The first-order valence-corrected chi connectivity index (χ1v) is 8.81. The Morgan fingerprint density at radius 3 is 2.71 bits per heavy atom. The Kier molecular flexibility index (Phi) is 4.23. The van der Waals surface area contributed by atoms with Crippen molar-refractivity contribution in [3.63, 3.8) is 0 Å². The number of aromatic nitrogens is 1. The zero-order chi connectivity index (χ0) is 16.4. The van der Waals surface area contributed by atoms with Gasteiger partial charge in [0.05, 0.1) is 23.6 Å². The average Bonchev–Trinajstić information content (AvgIpc) is 3.03. The van der Waals surface area contributed by atoms with Gasteiger partial charge in [0.2, 0.25) is 0 Å². The third-order valence-corrected chi connectivity index (χ3v) is 5.00. The predicted octanol–water partition coefficient (Wildman–Crippen LogP) is 3.29. The number of morpholine rings is 1. The summed E-state index contributed by atoms with van der Waals surface area (Å²) in [5.41, 5.74) is 9.11. The Hall–Kier alpha value is -2.31. The maximum absolute atomic E-state index is 6.01. The maximum Gasteiger partial charge on any atom is 0.181 e. The zero-order valence-electron chi connectivity index (χ0n) is 13.3. The molecule has 1 saturated heterocycles. The molecule has 0 bridgehead atoms. The SMILES string of the molecule is Nc1nc2c(OCc3ccccc3)ccc(N3CCOCC3)c2s1. The van der Waals surface area contributed by atoms with Crippen LogP contribution in [0.2, 0.25) is 0 Å². The second-order valence-electron chi connectivity index (χ2n) is 5.69. The Bertz CT molecular complexity index is 829. The van der Waals surface area contributed by atoms with Crippen molar-refractivity contribution >= 4 is 32.4 Å². The highest BCUT2D eigenvalue weighted by Gasteiger charge is 2.18. The van der Waals surface area contributed by atoms with Gasteiger partial charge in [0.1, 0.15) is 17.9 Å². The summed E-state index contributed by atoms with van der Waals surface area (Å²) in [5.74, 6) is 0.777. The Labute approximate surface area is 144 Å². The van der Waals surface area contributed by atoms with Crippen molar-refractivity contribution < 1.29 is 9.47 Å². The van der Waals surface area contributed by atoms with E-state index >= 15 is 0 Å². The molecule has 4 rings (SSSR count). The summed E-state index contributed by atoms with van der Waals surface area (Å²) in [7, 11) is 0. The van der Waals surface area contributed by atoms with Crippen LogP contribution < -0.4 is 15.4 Å². The number of hydrogen-bond donors (Lipinski definition) is 1. The number of nitrogens with zero attached hydrogens (tertiary/aromatic N) is 2. The Morgan fingerprint density at radius 1 is 1.12 bits per heavy atom. The number of nitrogen functional groups attached to an aromatic ring is 1. The number of fused-ring (bicyclic) bond motifs is 1. The molecule has 0 atom stereocenters. The fourth-order valence-electron chi connectivity index (χ4n) is 2.89. The molecule has 1 aliphatic rings. The van der Waals surface area contributed by atoms with E-state index in [4.69, 9.17) is 15.2 Å². The fourth-order valence-corrected chi connectivity index (χ4v) is 3.78. The van der Waals surface area contributed by atoms with Gasteiger partial charge in [0.25, 0.3) is 0 Å². The molecule has 124 valence electrons. The molecule has 1 aliphatic heterocycles. The summed E-state index contributed by atoms with van der Waals surface area (Å²) in [6.07, 6.45) is 0. The number of nitrogens with two attached hydrogens (primary N) is 1. The molecule has 0 spiro atoms. The van der Waals surface area contributed by atoms with Gasteiger partial charge in [-0.3, -0.25) is 0 Å². The van der Waals surface area contributed by atoms with Crippen LogP contribution in [0.15, 0.2) is 42.5 Å². The lowest BCUT2D eigenvalue weighted by Gasteiger charge is -2.29. The minimum atomic E-state index is 0.518. The number of benzene rings is 2. The minimum absolute atomic E-state index is 0.518. The van der Waals surface area contributed by atoms with Crippen LogP contribution in [0.3, 0.4) is 0 Å². The number of hydrogen-bond acceptors (Lipinski definition) is 6. The molecule has 1 aromatic heterocycles.